The summed E-state index contributed by atoms with van der Waals surface area (Å²) in [5.41, 5.74) is 7.30. The van der Waals surface area contributed by atoms with E-state index in [2.05, 4.69) is 5.32 Å². The number of ether oxygens (including phenoxy) is 1. The van der Waals surface area contributed by atoms with Gasteiger partial charge in [-0.05, 0) is 42.9 Å². The first kappa shape index (κ1) is 14.9. The fourth-order valence-electron chi connectivity index (χ4n) is 2.34. The van der Waals surface area contributed by atoms with E-state index in [1.54, 1.807) is 19.1 Å². The Morgan fingerprint density at radius 1 is 1.50 bits per heavy atom. The second kappa shape index (κ2) is 6.81. The van der Waals surface area contributed by atoms with Gasteiger partial charge in [0.1, 0.15) is 5.82 Å². The highest BCUT2D eigenvalue weighted by atomic mass is 19.1. The fraction of sp³-hybridized carbons (Fsp3) is 0.533. The summed E-state index contributed by atoms with van der Waals surface area (Å²) in [6.07, 6.45) is 1.63. The van der Waals surface area contributed by atoms with Gasteiger partial charge in [-0.2, -0.15) is 0 Å². The SMILES string of the molecule is Cc1ccc(CNC(=O)C(N)C2CCOCC2)cc1F. The van der Waals surface area contributed by atoms with Crippen molar-refractivity contribution < 1.29 is 13.9 Å². The molecule has 1 aliphatic rings. The van der Waals surface area contributed by atoms with E-state index in [9.17, 15) is 9.18 Å². The van der Waals surface area contributed by atoms with Crippen LogP contribution in [0.3, 0.4) is 0 Å². The van der Waals surface area contributed by atoms with Gasteiger partial charge in [0.15, 0.2) is 0 Å². The Kier molecular flexibility index (Phi) is 5.09. The number of hydrogen-bond acceptors (Lipinski definition) is 3. The van der Waals surface area contributed by atoms with Crippen LogP contribution in [-0.2, 0) is 16.1 Å². The average molecular weight is 280 g/mol. The molecule has 3 N–H and O–H groups in total. The number of benzene rings is 1. The van der Waals surface area contributed by atoms with Gasteiger partial charge in [0.05, 0.1) is 6.04 Å². The van der Waals surface area contributed by atoms with Crippen LogP contribution in [0.2, 0.25) is 0 Å². The van der Waals surface area contributed by atoms with Crippen molar-refractivity contribution in [3.05, 3.63) is 35.1 Å². The van der Waals surface area contributed by atoms with Gasteiger partial charge in [-0.15, -0.1) is 0 Å². The van der Waals surface area contributed by atoms with E-state index in [1.165, 1.54) is 6.07 Å². The van der Waals surface area contributed by atoms with Crippen LogP contribution in [0.4, 0.5) is 4.39 Å². The first-order valence-electron chi connectivity index (χ1n) is 6.94. The van der Waals surface area contributed by atoms with E-state index in [1.807, 2.05) is 0 Å². The summed E-state index contributed by atoms with van der Waals surface area (Å²) in [5.74, 6) is -0.276. The normalized spacial score (nSPS) is 17.8. The number of rotatable bonds is 4. The van der Waals surface area contributed by atoms with Crippen LogP contribution < -0.4 is 11.1 Å². The van der Waals surface area contributed by atoms with Crippen LogP contribution in [-0.4, -0.2) is 25.2 Å². The number of aryl methyl sites for hydroxylation is 1. The second-order valence-electron chi connectivity index (χ2n) is 5.28. The third-order valence-electron chi connectivity index (χ3n) is 3.78. The Morgan fingerprint density at radius 3 is 2.85 bits per heavy atom. The van der Waals surface area contributed by atoms with Crippen LogP contribution in [0, 0.1) is 18.7 Å². The van der Waals surface area contributed by atoms with Gasteiger partial charge in [-0.25, -0.2) is 4.39 Å². The van der Waals surface area contributed by atoms with E-state index in [0.717, 1.165) is 18.4 Å². The molecule has 0 bridgehead atoms. The van der Waals surface area contributed by atoms with Gasteiger partial charge in [-0.1, -0.05) is 12.1 Å². The van der Waals surface area contributed by atoms with Crippen molar-refractivity contribution in [2.75, 3.05) is 13.2 Å². The Bertz CT molecular complexity index is 473. The van der Waals surface area contributed by atoms with Crippen molar-refractivity contribution in [3.63, 3.8) is 0 Å². The van der Waals surface area contributed by atoms with E-state index < -0.39 is 6.04 Å². The zero-order chi connectivity index (χ0) is 14.5. The molecule has 0 radical (unpaired) electrons. The molecule has 0 aliphatic carbocycles. The largest absolute Gasteiger partial charge is 0.381 e. The molecule has 5 heteroatoms. The maximum atomic E-state index is 13.4. The molecule has 2 rings (SSSR count). The minimum absolute atomic E-state index is 0.165. The third kappa shape index (κ3) is 3.77. The predicted octanol–water partition coefficient (Wildman–Crippen LogP) is 1.50. The quantitative estimate of drug-likeness (QED) is 0.878. The third-order valence-corrected chi connectivity index (χ3v) is 3.78. The summed E-state index contributed by atoms with van der Waals surface area (Å²) in [5, 5.41) is 2.77. The van der Waals surface area contributed by atoms with E-state index in [-0.39, 0.29) is 17.6 Å². The fourth-order valence-corrected chi connectivity index (χ4v) is 2.34. The minimum atomic E-state index is -0.519. The zero-order valence-electron chi connectivity index (χ0n) is 11.7. The number of carbonyl (C=O) groups is 1. The van der Waals surface area contributed by atoms with E-state index in [4.69, 9.17) is 10.5 Å². The molecule has 1 fully saturated rings. The summed E-state index contributed by atoms with van der Waals surface area (Å²) in [6, 6.07) is 4.43. The molecule has 0 aromatic heterocycles. The lowest BCUT2D eigenvalue weighted by Crippen LogP contribution is -2.46. The summed E-state index contributed by atoms with van der Waals surface area (Å²) >= 11 is 0. The lowest BCUT2D eigenvalue weighted by atomic mass is 9.92. The van der Waals surface area contributed by atoms with Crippen molar-refractivity contribution >= 4 is 5.91 Å². The molecule has 110 valence electrons. The smallest absolute Gasteiger partial charge is 0.237 e. The first-order chi connectivity index (χ1) is 9.58. The van der Waals surface area contributed by atoms with Crippen LogP contribution >= 0.6 is 0 Å². The van der Waals surface area contributed by atoms with Gasteiger partial charge in [0, 0.05) is 19.8 Å². The minimum Gasteiger partial charge on any atom is -0.381 e. The maximum Gasteiger partial charge on any atom is 0.237 e. The molecule has 1 unspecified atom stereocenters. The molecule has 0 saturated carbocycles. The lowest BCUT2D eigenvalue weighted by molar-refractivity contribution is -0.124. The molecular weight excluding hydrogens is 259 g/mol. The molecule has 1 amide bonds. The first-order valence-corrected chi connectivity index (χ1v) is 6.94. The van der Waals surface area contributed by atoms with E-state index >= 15 is 0 Å². The summed E-state index contributed by atoms with van der Waals surface area (Å²) in [4.78, 5) is 12.0. The summed E-state index contributed by atoms with van der Waals surface area (Å²) in [6.45, 7) is 3.33. The number of carbonyl (C=O) groups excluding carboxylic acids is 1. The molecule has 20 heavy (non-hydrogen) atoms. The molecule has 1 aromatic carbocycles. The van der Waals surface area contributed by atoms with Crippen molar-refractivity contribution in [1.82, 2.24) is 5.32 Å². The molecular formula is C15H21FN2O2. The molecule has 4 nitrogen and oxygen atoms in total. The molecule has 1 heterocycles. The topological polar surface area (TPSA) is 64.4 Å². The highest BCUT2D eigenvalue weighted by Gasteiger charge is 2.26. The molecule has 1 aliphatic heterocycles. The molecule has 1 saturated heterocycles. The van der Waals surface area contributed by atoms with Crippen LogP contribution in [0.15, 0.2) is 18.2 Å². The lowest BCUT2D eigenvalue weighted by Gasteiger charge is -2.26. The van der Waals surface area contributed by atoms with Gasteiger partial charge < -0.3 is 15.8 Å². The number of hydrogen-bond donors (Lipinski definition) is 2. The Balaban J connectivity index is 1.86. The van der Waals surface area contributed by atoms with Crippen LogP contribution in [0.25, 0.3) is 0 Å². The standard InChI is InChI=1S/C15H21FN2O2/c1-10-2-3-11(8-13(10)16)9-18-15(19)14(17)12-4-6-20-7-5-12/h2-3,8,12,14H,4-7,9,17H2,1H3,(H,18,19). The molecule has 1 atom stereocenters. The van der Waals surface area contributed by atoms with Crippen LogP contribution in [0.5, 0.6) is 0 Å². The Morgan fingerprint density at radius 2 is 2.20 bits per heavy atom. The average Bonchev–Trinajstić information content (AvgIpc) is 2.48. The number of nitrogens with two attached hydrogens (primary N) is 1. The Hall–Kier alpha value is -1.46. The van der Waals surface area contributed by atoms with Gasteiger partial charge in [0.25, 0.3) is 0 Å². The number of amides is 1. The number of nitrogens with one attached hydrogen (secondary N) is 1. The Labute approximate surface area is 118 Å². The van der Waals surface area contributed by atoms with Gasteiger partial charge in [-0.3, -0.25) is 4.79 Å². The van der Waals surface area contributed by atoms with Crippen molar-refractivity contribution in [2.24, 2.45) is 11.7 Å². The van der Waals surface area contributed by atoms with Crippen molar-refractivity contribution in [1.29, 1.82) is 0 Å². The maximum absolute atomic E-state index is 13.4. The van der Waals surface area contributed by atoms with Crippen LogP contribution in [0.1, 0.15) is 24.0 Å². The molecule has 1 aromatic rings. The van der Waals surface area contributed by atoms with Gasteiger partial charge in [0.2, 0.25) is 5.91 Å². The highest BCUT2D eigenvalue weighted by molar-refractivity contribution is 5.81. The number of halogens is 1. The van der Waals surface area contributed by atoms with Crippen molar-refractivity contribution in [3.8, 4) is 0 Å². The van der Waals surface area contributed by atoms with Gasteiger partial charge >= 0.3 is 0 Å². The molecule has 0 spiro atoms. The summed E-state index contributed by atoms with van der Waals surface area (Å²) < 4.78 is 18.7. The zero-order valence-corrected chi connectivity index (χ0v) is 11.7. The van der Waals surface area contributed by atoms with E-state index in [0.29, 0.717) is 25.3 Å². The second-order valence-corrected chi connectivity index (χ2v) is 5.28. The summed E-state index contributed by atoms with van der Waals surface area (Å²) in [7, 11) is 0. The van der Waals surface area contributed by atoms with Crippen molar-refractivity contribution in [2.45, 2.75) is 32.4 Å². The predicted molar refractivity (Wildman–Crippen MR) is 74.5 cm³/mol. The monoisotopic (exact) mass is 280 g/mol. The highest BCUT2D eigenvalue weighted by Crippen LogP contribution is 2.17.